The van der Waals surface area contributed by atoms with Gasteiger partial charge in [0, 0.05) is 5.92 Å². The lowest BCUT2D eigenvalue weighted by molar-refractivity contribution is 0.444. The number of nitriles is 1. The molecule has 58 valence electrons. The van der Waals surface area contributed by atoms with Crippen molar-refractivity contribution in [3.63, 3.8) is 0 Å². The Morgan fingerprint density at radius 2 is 2.36 bits per heavy atom. The fourth-order valence-electron chi connectivity index (χ4n) is 0.654. The van der Waals surface area contributed by atoms with Gasteiger partial charge < -0.3 is 4.42 Å². The van der Waals surface area contributed by atoms with E-state index in [1.165, 1.54) is 0 Å². The molecule has 4 heteroatoms. The summed E-state index contributed by atoms with van der Waals surface area (Å²) in [7, 11) is 0. The van der Waals surface area contributed by atoms with Crippen LogP contribution in [0.15, 0.2) is 4.42 Å². The van der Waals surface area contributed by atoms with Crippen LogP contribution < -0.4 is 0 Å². The summed E-state index contributed by atoms with van der Waals surface area (Å²) in [6, 6.07) is 1.79. The first-order valence-electron chi connectivity index (χ1n) is 3.51. The number of hydrogen-bond donors (Lipinski definition) is 0. The molecule has 1 rings (SSSR count). The van der Waals surface area contributed by atoms with Gasteiger partial charge in [-0.2, -0.15) is 5.26 Å². The lowest BCUT2D eigenvalue weighted by Crippen LogP contribution is -1.90. The summed E-state index contributed by atoms with van der Waals surface area (Å²) in [4.78, 5) is 0. The van der Waals surface area contributed by atoms with Crippen molar-refractivity contribution in [1.82, 2.24) is 10.2 Å². The van der Waals surface area contributed by atoms with E-state index in [0.29, 0.717) is 5.89 Å². The molecule has 1 heterocycles. The van der Waals surface area contributed by atoms with Crippen molar-refractivity contribution >= 4 is 0 Å². The summed E-state index contributed by atoms with van der Waals surface area (Å²) in [5, 5.41) is 15.6. The van der Waals surface area contributed by atoms with Gasteiger partial charge in [-0.1, -0.05) is 18.9 Å². The molecule has 0 radical (unpaired) electrons. The second kappa shape index (κ2) is 3.15. The molecule has 0 aromatic carbocycles. The van der Waals surface area contributed by atoms with E-state index in [2.05, 4.69) is 10.2 Å². The number of rotatable bonds is 2. The molecule has 1 unspecified atom stereocenters. The molecule has 0 aliphatic rings. The van der Waals surface area contributed by atoms with Gasteiger partial charge in [0.25, 0.3) is 0 Å². The van der Waals surface area contributed by atoms with Gasteiger partial charge >= 0.3 is 5.89 Å². The molecular formula is C7H9N3O. The van der Waals surface area contributed by atoms with Crippen LogP contribution in [0.1, 0.15) is 38.0 Å². The molecule has 0 fully saturated rings. The van der Waals surface area contributed by atoms with Gasteiger partial charge in [0.05, 0.1) is 0 Å². The molecule has 1 aromatic heterocycles. The highest BCUT2D eigenvalue weighted by atomic mass is 16.4. The van der Waals surface area contributed by atoms with Gasteiger partial charge in [0.1, 0.15) is 0 Å². The maximum atomic E-state index is 8.36. The first-order valence-corrected chi connectivity index (χ1v) is 3.51. The Morgan fingerprint density at radius 1 is 1.64 bits per heavy atom. The molecule has 4 nitrogen and oxygen atoms in total. The molecule has 0 aliphatic heterocycles. The summed E-state index contributed by atoms with van der Waals surface area (Å²) in [5.74, 6) is 0.828. The maximum absolute atomic E-state index is 8.36. The van der Waals surface area contributed by atoms with Crippen molar-refractivity contribution < 1.29 is 4.42 Å². The van der Waals surface area contributed by atoms with Crippen molar-refractivity contribution in [3.05, 3.63) is 11.8 Å². The molecule has 11 heavy (non-hydrogen) atoms. The maximum Gasteiger partial charge on any atom is 0.321 e. The van der Waals surface area contributed by atoms with E-state index in [9.17, 15) is 0 Å². The average Bonchev–Trinajstić information content (AvgIpc) is 2.50. The zero-order chi connectivity index (χ0) is 8.27. The van der Waals surface area contributed by atoms with Crippen LogP contribution >= 0.6 is 0 Å². The summed E-state index contributed by atoms with van der Waals surface area (Å²) < 4.78 is 5.00. The van der Waals surface area contributed by atoms with Crippen LogP contribution in [0.5, 0.6) is 0 Å². The van der Waals surface area contributed by atoms with Crippen molar-refractivity contribution in [3.8, 4) is 6.07 Å². The third-order valence-electron chi connectivity index (χ3n) is 1.57. The van der Waals surface area contributed by atoms with E-state index >= 15 is 0 Å². The lowest BCUT2D eigenvalue weighted by Gasteiger charge is -1.98. The second-order valence-corrected chi connectivity index (χ2v) is 2.37. The molecule has 1 atom stereocenters. The van der Waals surface area contributed by atoms with Crippen LogP contribution in [0.4, 0.5) is 0 Å². The van der Waals surface area contributed by atoms with Crippen LogP contribution in [-0.2, 0) is 0 Å². The van der Waals surface area contributed by atoms with Crippen LogP contribution in [0, 0.1) is 11.3 Å². The van der Waals surface area contributed by atoms with Crippen LogP contribution in [-0.4, -0.2) is 10.2 Å². The van der Waals surface area contributed by atoms with Gasteiger partial charge in [-0.25, -0.2) is 0 Å². The zero-order valence-corrected chi connectivity index (χ0v) is 6.53. The summed E-state index contributed by atoms with van der Waals surface area (Å²) in [6.07, 6.45) is 0.938. The molecule has 0 amide bonds. The van der Waals surface area contributed by atoms with Crippen molar-refractivity contribution in [1.29, 1.82) is 5.26 Å². The van der Waals surface area contributed by atoms with Crippen molar-refractivity contribution in [2.24, 2.45) is 0 Å². The van der Waals surface area contributed by atoms with Gasteiger partial charge in [-0.3, -0.25) is 0 Å². The first-order chi connectivity index (χ1) is 5.27. The summed E-state index contributed by atoms with van der Waals surface area (Å²) in [6.45, 7) is 4.01. The molecule has 1 aromatic rings. The summed E-state index contributed by atoms with van der Waals surface area (Å²) in [5.41, 5.74) is 0. The Balaban J connectivity index is 2.82. The Bertz CT molecular complexity index is 273. The minimum Gasteiger partial charge on any atom is -0.413 e. The molecule has 0 spiro atoms. The Hall–Kier alpha value is -1.37. The SMILES string of the molecule is CCC(C)c1nnc(C#N)o1. The van der Waals surface area contributed by atoms with Crippen LogP contribution in [0.2, 0.25) is 0 Å². The van der Waals surface area contributed by atoms with E-state index in [-0.39, 0.29) is 11.8 Å². The molecule has 0 saturated heterocycles. The van der Waals surface area contributed by atoms with Gasteiger partial charge in [0.2, 0.25) is 5.89 Å². The van der Waals surface area contributed by atoms with E-state index < -0.39 is 0 Å². The highest BCUT2D eigenvalue weighted by molar-refractivity contribution is 5.03. The predicted molar refractivity (Wildman–Crippen MR) is 37.7 cm³/mol. The van der Waals surface area contributed by atoms with E-state index in [4.69, 9.17) is 9.68 Å². The van der Waals surface area contributed by atoms with Gasteiger partial charge in [-0.05, 0) is 6.42 Å². The fourth-order valence-corrected chi connectivity index (χ4v) is 0.654. The molecule has 0 bridgehead atoms. The predicted octanol–water partition coefficient (Wildman–Crippen LogP) is 1.45. The van der Waals surface area contributed by atoms with Crippen LogP contribution in [0.25, 0.3) is 0 Å². The third-order valence-corrected chi connectivity index (χ3v) is 1.57. The quantitative estimate of drug-likeness (QED) is 0.641. The second-order valence-electron chi connectivity index (χ2n) is 2.37. The fraction of sp³-hybridized carbons (Fsp3) is 0.571. The van der Waals surface area contributed by atoms with E-state index in [1.54, 1.807) is 6.07 Å². The lowest BCUT2D eigenvalue weighted by atomic mass is 10.1. The van der Waals surface area contributed by atoms with E-state index in [1.807, 2.05) is 13.8 Å². The smallest absolute Gasteiger partial charge is 0.321 e. The number of nitrogens with zero attached hydrogens (tertiary/aromatic N) is 3. The molecule has 0 aliphatic carbocycles. The average molecular weight is 151 g/mol. The zero-order valence-electron chi connectivity index (χ0n) is 6.53. The molecule has 0 N–H and O–H groups in total. The first kappa shape index (κ1) is 7.73. The van der Waals surface area contributed by atoms with Gasteiger partial charge in [-0.15, -0.1) is 5.10 Å². The van der Waals surface area contributed by atoms with E-state index in [0.717, 1.165) is 6.42 Å². The van der Waals surface area contributed by atoms with Gasteiger partial charge in [0.15, 0.2) is 6.07 Å². The Kier molecular flexibility index (Phi) is 2.21. The largest absolute Gasteiger partial charge is 0.413 e. The minimum absolute atomic E-state index is 0.0419. The van der Waals surface area contributed by atoms with Crippen molar-refractivity contribution in [2.45, 2.75) is 26.2 Å². The highest BCUT2D eigenvalue weighted by Gasteiger charge is 2.10. The third kappa shape index (κ3) is 1.55. The number of hydrogen-bond acceptors (Lipinski definition) is 4. The van der Waals surface area contributed by atoms with Crippen LogP contribution in [0.3, 0.4) is 0 Å². The molecular weight excluding hydrogens is 142 g/mol. The monoisotopic (exact) mass is 151 g/mol. The topological polar surface area (TPSA) is 62.7 Å². The standard InChI is InChI=1S/C7H9N3O/c1-3-5(2)7-10-9-6(4-8)11-7/h5H,3H2,1-2H3. The molecule has 0 saturated carbocycles. The Morgan fingerprint density at radius 3 is 2.82 bits per heavy atom. The normalized spacial score (nSPS) is 12.5. The summed E-state index contributed by atoms with van der Waals surface area (Å²) >= 11 is 0. The van der Waals surface area contributed by atoms with Crippen molar-refractivity contribution in [2.75, 3.05) is 0 Å². The Labute approximate surface area is 64.9 Å². The minimum atomic E-state index is 0.0419. The number of aromatic nitrogens is 2. The highest BCUT2D eigenvalue weighted by Crippen LogP contribution is 2.15.